The second kappa shape index (κ2) is 13.8. The van der Waals surface area contributed by atoms with Crippen LogP contribution in [0.3, 0.4) is 0 Å². The zero-order valence-corrected chi connectivity index (χ0v) is 24.3. The Morgan fingerprint density at radius 1 is 1.17 bits per heavy atom. The van der Waals surface area contributed by atoms with Gasteiger partial charge in [-0.2, -0.15) is 0 Å². The molecule has 41 heavy (non-hydrogen) atoms. The number of fused-ring (bicyclic) bond motifs is 1. The molecular weight excluding hydrogens is 589 g/mol. The summed E-state index contributed by atoms with van der Waals surface area (Å²) < 4.78 is 6.05. The van der Waals surface area contributed by atoms with Gasteiger partial charge in [-0.3, -0.25) is 19.2 Å². The number of ether oxygens (including phenoxy) is 1. The summed E-state index contributed by atoms with van der Waals surface area (Å²) in [5.41, 5.74) is 0.857. The standard InChI is InChI=1S/C29H27Cl2N3O6S/c1-40-22-5-3-2-4-21(22)29(39)32-16-20(15-24(36)37)33-28(38)17-8-11-34(12-9-17)23(35)7-6-18-14-19-10-13-41-27(19)26(31)25(18)30/h2-7,10,13-14,16-17,20H,8-9,11-12,15H2,1H3,(H,33,38)(H,36,37)/b7-6+,32-16?/t20-/m1/s1. The molecule has 2 aromatic carbocycles. The van der Waals surface area contributed by atoms with Crippen LogP contribution in [-0.4, -0.2) is 66.2 Å². The van der Waals surface area contributed by atoms with Gasteiger partial charge < -0.3 is 20.1 Å². The summed E-state index contributed by atoms with van der Waals surface area (Å²) in [7, 11) is 1.43. The van der Waals surface area contributed by atoms with E-state index in [0.717, 1.165) is 16.3 Å². The van der Waals surface area contributed by atoms with Crippen LogP contribution in [0.5, 0.6) is 5.75 Å². The number of hydrogen-bond donors (Lipinski definition) is 2. The van der Waals surface area contributed by atoms with Crippen molar-refractivity contribution in [1.82, 2.24) is 10.2 Å². The maximum atomic E-state index is 12.9. The predicted molar refractivity (Wildman–Crippen MR) is 160 cm³/mol. The number of thiophene rings is 1. The number of carbonyl (C=O) groups is 4. The van der Waals surface area contributed by atoms with Crippen LogP contribution in [0.25, 0.3) is 16.2 Å². The molecule has 4 rings (SSSR count). The number of likely N-dealkylation sites (tertiary alicyclic amines) is 1. The highest BCUT2D eigenvalue weighted by atomic mass is 35.5. The van der Waals surface area contributed by atoms with Gasteiger partial charge in [-0.25, -0.2) is 4.99 Å². The number of nitrogens with one attached hydrogen (secondary N) is 1. The van der Waals surface area contributed by atoms with Gasteiger partial charge in [0.15, 0.2) is 0 Å². The van der Waals surface area contributed by atoms with Crippen molar-refractivity contribution in [2.75, 3.05) is 20.2 Å². The van der Waals surface area contributed by atoms with Crippen LogP contribution >= 0.6 is 34.5 Å². The number of aliphatic carboxylic acids is 1. The molecule has 214 valence electrons. The molecule has 12 heteroatoms. The number of amides is 3. The first-order chi connectivity index (χ1) is 19.7. The molecule has 0 saturated carbocycles. The molecule has 3 amide bonds. The number of para-hydroxylation sites is 1. The fraction of sp³-hybridized carbons (Fsp3) is 0.276. The van der Waals surface area contributed by atoms with E-state index in [1.807, 2.05) is 17.5 Å². The summed E-state index contributed by atoms with van der Waals surface area (Å²) >= 11 is 14.3. The Kier molecular flexibility index (Phi) is 10.1. The predicted octanol–water partition coefficient (Wildman–Crippen LogP) is 5.34. The van der Waals surface area contributed by atoms with Crippen LogP contribution in [0.15, 0.2) is 52.8 Å². The largest absolute Gasteiger partial charge is 0.496 e. The monoisotopic (exact) mass is 615 g/mol. The Morgan fingerprint density at radius 2 is 1.90 bits per heavy atom. The van der Waals surface area contributed by atoms with Crippen LogP contribution in [0.1, 0.15) is 35.2 Å². The average Bonchev–Trinajstić information content (AvgIpc) is 3.45. The normalized spacial score (nSPS) is 15.0. The third-order valence-corrected chi connectivity index (χ3v) is 8.61. The lowest BCUT2D eigenvalue weighted by Gasteiger charge is -2.31. The van der Waals surface area contributed by atoms with Crippen molar-refractivity contribution in [3.63, 3.8) is 0 Å². The highest BCUT2D eigenvalue weighted by molar-refractivity contribution is 7.18. The fourth-order valence-electron chi connectivity index (χ4n) is 4.50. The number of nitrogens with zero attached hydrogens (tertiary/aromatic N) is 2. The lowest BCUT2D eigenvalue weighted by Crippen LogP contribution is -2.46. The summed E-state index contributed by atoms with van der Waals surface area (Å²) in [6.07, 6.45) is 4.56. The van der Waals surface area contributed by atoms with Gasteiger partial charge in [0.05, 0.1) is 39.9 Å². The van der Waals surface area contributed by atoms with Gasteiger partial charge in [0, 0.05) is 31.3 Å². The van der Waals surface area contributed by atoms with Crippen molar-refractivity contribution in [2.45, 2.75) is 25.3 Å². The first-order valence-electron chi connectivity index (χ1n) is 12.7. The molecule has 1 fully saturated rings. The molecule has 0 radical (unpaired) electrons. The van der Waals surface area contributed by atoms with E-state index < -0.39 is 30.3 Å². The number of methoxy groups -OCH3 is 1. The Bertz CT molecular complexity index is 1530. The van der Waals surface area contributed by atoms with Crippen molar-refractivity contribution >= 4 is 80.6 Å². The topological polar surface area (TPSA) is 125 Å². The van der Waals surface area contributed by atoms with Crippen molar-refractivity contribution < 1.29 is 29.0 Å². The van der Waals surface area contributed by atoms with Crippen molar-refractivity contribution in [2.24, 2.45) is 10.9 Å². The molecular formula is C29H27Cl2N3O6S. The number of benzene rings is 2. The average molecular weight is 617 g/mol. The lowest BCUT2D eigenvalue weighted by atomic mass is 9.95. The second-order valence-corrected chi connectivity index (χ2v) is 11.0. The molecule has 3 aromatic rings. The fourth-order valence-corrected chi connectivity index (χ4v) is 5.94. The van der Waals surface area contributed by atoms with Gasteiger partial charge in [0.2, 0.25) is 11.8 Å². The maximum Gasteiger partial charge on any atom is 0.305 e. The molecule has 0 spiro atoms. The molecule has 1 aliphatic rings. The Labute approximate surface area is 250 Å². The van der Waals surface area contributed by atoms with Gasteiger partial charge in [-0.1, -0.05) is 35.3 Å². The molecule has 0 aliphatic carbocycles. The second-order valence-electron chi connectivity index (χ2n) is 9.36. The van der Waals surface area contributed by atoms with Crippen LogP contribution in [0, 0.1) is 5.92 Å². The summed E-state index contributed by atoms with van der Waals surface area (Å²) in [5.74, 6) is -2.44. The van der Waals surface area contributed by atoms with Gasteiger partial charge in [-0.05, 0) is 59.5 Å². The number of halogens is 2. The lowest BCUT2D eigenvalue weighted by molar-refractivity contribution is -0.137. The van der Waals surface area contributed by atoms with Crippen LogP contribution < -0.4 is 10.1 Å². The van der Waals surface area contributed by atoms with Gasteiger partial charge in [0.25, 0.3) is 5.91 Å². The summed E-state index contributed by atoms with van der Waals surface area (Å²) in [6.45, 7) is 0.701. The van der Waals surface area contributed by atoms with E-state index in [1.54, 1.807) is 35.2 Å². The highest BCUT2D eigenvalue weighted by Crippen LogP contribution is 2.37. The number of carbonyl (C=O) groups excluding carboxylic acids is 3. The van der Waals surface area contributed by atoms with Gasteiger partial charge in [0.1, 0.15) is 5.75 Å². The first kappa shape index (κ1) is 30.2. The van der Waals surface area contributed by atoms with Crippen LogP contribution in [-0.2, 0) is 14.4 Å². The van der Waals surface area contributed by atoms with E-state index in [9.17, 15) is 24.3 Å². The third-order valence-electron chi connectivity index (χ3n) is 6.67. The number of rotatable bonds is 9. The van der Waals surface area contributed by atoms with Gasteiger partial charge in [-0.15, -0.1) is 11.3 Å². The minimum absolute atomic E-state index is 0.216. The molecule has 1 aliphatic heterocycles. The molecule has 1 aromatic heterocycles. The minimum Gasteiger partial charge on any atom is -0.496 e. The number of aliphatic imine (C=N–C) groups is 1. The molecule has 9 nitrogen and oxygen atoms in total. The van der Waals surface area contributed by atoms with Crippen molar-refractivity contribution in [1.29, 1.82) is 0 Å². The van der Waals surface area contributed by atoms with E-state index in [2.05, 4.69) is 10.3 Å². The zero-order chi connectivity index (χ0) is 29.5. The van der Waals surface area contributed by atoms with Crippen LogP contribution in [0.4, 0.5) is 0 Å². The quantitative estimate of drug-likeness (QED) is 0.247. The van der Waals surface area contributed by atoms with Crippen molar-refractivity contribution in [3.05, 3.63) is 69.0 Å². The summed E-state index contributed by atoms with van der Waals surface area (Å²) in [4.78, 5) is 55.1. The van der Waals surface area contributed by atoms with E-state index in [4.69, 9.17) is 27.9 Å². The molecule has 0 unspecified atom stereocenters. The maximum absolute atomic E-state index is 12.9. The van der Waals surface area contributed by atoms with E-state index in [1.165, 1.54) is 24.5 Å². The molecule has 1 saturated heterocycles. The Balaban J connectivity index is 1.33. The smallest absolute Gasteiger partial charge is 0.305 e. The Morgan fingerprint density at radius 3 is 2.61 bits per heavy atom. The number of carboxylic acids is 1. The molecule has 2 N–H and O–H groups in total. The minimum atomic E-state index is -1.15. The molecule has 2 heterocycles. The van der Waals surface area contributed by atoms with E-state index in [0.29, 0.717) is 47.3 Å². The number of piperidine rings is 1. The number of hydrogen-bond acceptors (Lipinski definition) is 6. The Hall–Kier alpha value is -3.73. The highest BCUT2D eigenvalue weighted by Gasteiger charge is 2.28. The molecule has 0 bridgehead atoms. The summed E-state index contributed by atoms with van der Waals surface area (Å²) in [6, 6.07) is 9.34. The van der Waals surface area contributed by atoms with E-state index >= 15 is 0 Å². The van der Waals surface area contributed by atoms with Crippen molar-refractivity contribution in [3.8, 4) is 5.75 Å². The van der Waals surface area contributed by atoms with E-state index in [-0.39, 0.29) is 17.4 Å². The third kappa shape index (κ3) is 7.52. The zero-order valence-electron chi connectivity index (χ0n) is 22.0. The molecule has 1 atom stereocenters. The van der Waals surface area contributed by atoms with Crippen LogP contribution in [0.2, 0.25) is 10.0 Å². The van der Waals surface area contributed by atoms with Gasteiger partial charge >= 0.3 is 5.97 Å². The SMILES string of the molecule is COc1ccccc1C(=O)N=C[C@@H](CC(=O)O)NC(=O)C1CCN(C(=O)/C=C/c2cc3ccsc3c(Cl)c2Cl)CC1. The summed E-state index contributed by atoms with van der Waals surface area (Å²) in [5, 5.41) is 15.7. The first-order valence-corrected chi connectivity index (χ1v) is 14.4. The number of carboxylic acid groups (broad SMARTS) is 1.